The summed E-state index contributed by atoms with van der Waals surface area (Å²) in [6.07, 6.45) is 0.480. The third-order valence-corrected chi connectivity index (χ3v) is 4.84. The molecule has 31 heavy (non-hydrogen) atoms. The van der Waals surface area contributed by atoms with Crippen LogP contribution < -0.4 is 15.7 Å². The van der Waals surface area contributed by atoms with Gasteiger partial charge in [0.2, 0.25) is 0 Å². The van der Waals surface area contributed by atoms with Gasteiger partial charge in [0.05, 0.1) is 18.3 Å². The van der Waals surface area contributed by atoms with E-state index in [9.17, 15) is 14.7 Å². The molecule has 0 fully saturated rings. The Morgan fingerprint density at radius 2 is 1.87 bits per heavy atom. The molecule has 0 spiro atoms. The number of aliphatic hydroxyl groups is 1. The van der Waals surface area contributed by atoms with Crippen LogP contribution in [0.15, 0.2) is 16.9 Å². The van der Waals surface area contributed by atoms with E-state index >= 15 is 4.39 Å². The van der Waals surface area contributed by atoms with Crippen molar-refractivity contribution in [1.29, 1.82) is 0 Å². The van der Waals surface area contributed by atoms with Crippen LogP contribution >= 0.6 is 0 Å². The molecule has 0 saturated heterocycles. The molecule has 1 heterocycles. The molecule has 0 unspecified atom stereocenters. The van der Waals surface area contributed by atoms with Crippen molar-refractivity contribution in [2.45, 2.75) is 66.0 Å². The molecule has 172 valence electrons. The van der Waals surface area contributed by atoms with Crippen LogP contribution in [0, 0.1) is 11.7 Å². The molecule has 0 bridgehead atoms. The first kappa shape index (κ1) is 24.6. The Bertz CT molecular complexity index is 981. The Morgan fingerprint density at radius 1 is 1.23 bits per heavy atom. The lowest BCUT2D eigenvalue weighted by Crippen LogP contribution is -2.35. The van der Waals surface area contributed by atoms with E-state index in [1.54, 1.807) is 14.0 Å². The zero-order chi connectivity index (χ0) is 23.5. The quantitative estimate of drug-likeness (QED) is 0.630. The Morgan fingerprint density at radius 3 is 2.39 bits per heavy atom. The summed E-state index contributed by atoms with van der Waals surface area (Å²) in [6, 6.07) is 1.87. The van der Waals surface area contributed by atoms with Crippen molar-refractivity contribution in [3.8, 4) is 11.4 Å². The van der Waals surface area contributed by atoms with Crippen LogP contribution in [0.2, 0.25) is 0 Å². The molecule has 0 radical (unpaired) electrons. The van der Waals surface area contributed by atoms with E-state index in [1.807, 2.05) is 34.6 Å². The second kappa shape index (κ2) is 10.1. The van der Waals surface area contributed by atoms with Crippen molar-refractivity contribution in [2.24, 2.45) is 13.0 Å². The van der Waals surface area contributed by atoms with Crippen LogP contribution in [0.3, 0.4) is 0 Å². The van der Waals surface area contributed by atoms with Gasteiger partial charge in [0, 0.05) is 25.1 Å². The predicted octanol–water partition coefficient (Wildman–Crippen LogP) is 2.76. The number of carbonyl (C=O) groups is 1. The topological polar surface area (TPSA) is 98.4 Å². The average molecular weight is 437 g/mol. The molecular formula is C22H33FN4O4. The van der Waals surface area contributed by atoms with Gasteiger partial charge in [-0.1, -0.05) is 27.7 Å². The van der Waals surface area contributed by atoms with Gasteiger partial charge in [-0.15, -0.1) is 5.10 Å². The molecule has 2 N–H and O–H groups in total. The van der Waals surface area contributed by atoms with E-state index in [1.165, 1.54) is 10.6 Å². The Labute approximate surface area is 182 Å². The maximum absolute atomic E-state index is 15.1. The lowest BCUT2D eigenvalue weighted by Gasteiger charge is -2.20. The number of ether oxygens (including phenoxy) is 1. The number of aromatic nitrogens is 3. The zero-order valence-corrected chi connectivity index (χ0v) is 19.3. The monoisotopic (exact) mass is 436 g/mol. The number of nitrogens with zero attached hydrogens (tertiary/aromatic N) is 3. The summed E-state index contributed by atoms with van der Waals surface area (Å²) in [7, 11) is 1.58. The van der Waals surface area contributed by atoms with Crippen LogP contribution in [-0.4, -0.2) is 44.1 Å². The standard InChI is InChI=1S/C22H33FN4O4/c1-12(2)8-15(6)31-19-10-18(27-22(30)26(7)20(25-27)13(3)4)17(23)9-16(19)21(29)24-14(5)11-28/h9-10,12-15,28H,8,11H2,1-7H3,(H,24,29)/t14-,15-/m0/s1. The summed E-state index contributed by atoms with van der Waals surface area (Å²) in [6.45, 7) is 11.1. The average Bonchev–Trinajstić information content (AvgIpc) is 2.97. The SMILES string of the molecule is CC(C)C[C@H](C)Oc1cc(-n2nc(C(C)C)n(C)c2=O)c(F)cc1C(=O)N[C@@H](C)CO. The highest BCUT2D eigenvalue weighted by atomic mass is 19.1. The molecule has 1 aromatic carbocycles. The zero-order valence-electron chi connectivity index (χ0n) is 19.3. The lowest BCUT2D eigenvalue weighted by molar-refractivity contribution is 0.0914. The lowest BCUT2D eigenvalue weighted by atomic mass is 10.1. The largest absolute Gasteiger partial charge is 0.490 e. The molecule has 2 aromatic rings. The van der Waals surface area contributed by atoms with E-state index in [0.717, 1.165) is 17.2 Å². The van der Waals surface area contributed by atoms with Gasteiger partial charge in [0.1, 0.15) is 23.1 Å². The molecule has 2 rings (SSSR count). The second-order valence-electron chi connectivity index (χ2n) is 8.68. The van der Waals surface area contributed by atoms with E-state index in [-0.39, 0.29) is 35.6 Å². The summed E-state index contributed by atoms with van der Waals surface area (Å²) >= 11 is 0. The first-order valence-corrected chi connectivity index (χ1v) is 10.5. The molecule has 9 heteroatoms. The number of hydrogen-bond acceptors (Lipinski definition) is 5. The van der Waals surface area contributed by atoms with Gasteiger partial charge < -0.3 is 15.2 Å². The molecule has 1 amide bonds. The number of carbonyl (C=O) groups excluding carboxylic acids is 1. The van der Waals surface area contributed by atoms with Crippen LogP contribution in [0.25, 0.3) is 5.69 Å². The van der Waals surface area contributed by atoms with Gasteiger partial charge in [-0.3, -0.25) is 9.36 Å². The highest BCUT2D eigenvalue weighted by Crippen LogP contribution is 2.27. The molecule has 0 saturated carbocycles. The second-order valence-corrected chi connectivity index (χ2v) is 8.68. The van der Waals surface area contributed by atoms with E-state index in [4.69, 9.17) is 4.74 Å². The number of rotatable bonds is 9. The van der Waals surface area contributed by atoms with Gasteiger partial charge >= 0.3 is 5.69 Å². The van der Waals surface area contributed by atoms with Crippen LogP contribution in [0.4, 0.5) is 4.39 Å². The molecule has 2 atom stereocenters. The summed E-state index contributed by atoms with van der Waals surface area (Å²) in [5.74, 6) is -0.368. The van der Waals surface area contributed by atoms with Crippen molar-refractivity contribution in [3.63, 3.8) is 0 Å². The van der Waals surface area contributed by atoms with Crippen molar-refractivity contribution in [3.05, 3.63) is 39.8 Å². The van der Waals surface area contributed by atoms with Crippen LogP contribution in [-0.2, 0) is 7.05 Å². The highest BCUT2D eigenvalue weighted by molar-refractivity contribution is 5.97. The fourth-order valence-electron chi connectivity index (χ4n) is 3.37. The van der Waals surface area contributed by atoms with Crippen molar-refractivity contribution < 1.29 is 19.0 Å². The smallest absolute Gasteiger partial charge is 0.350 e. The summed E-state index contributed by atoms with van der Waals surface area (Å²) < 4.78 is 23.4. The number of hydrogen-bond donors (Lipinski definition) is 2. The normalized spacial score (nSPS) is 13.5. The molecule has 1 aromatic heterocycles. The minimum atomic E-state index is -0.777. The number of halogens is 1. The maximum Gasteiger partial charge on any atom is 0.350 e. The summed E-state index contributed by atoms with van der Waals surface area (Å²) in [5, 5.41) is 16.1. The number of aliphatic hydroxyl groups excluding tert-OH is 1. The van der Waals surface area contributed by atoms with Crippen LogP contribution in [0.5, 0.6) is 5.75 Å². The molecule has 0 aliphatic heterocycles. The number of amides is 1. The number of nitrogens with one attached hydrogen (secondary N) is 1. The van der Waals surface area contributed by atoms with E-state index in [0.29, 0.717) is 11.7 Å². The highest BCUT2D eigenvalue weighted by Gasteiger charge is 2.23. The van der Waals surface area contributed by atoms with E-state index in [2.05, 4.69) is 10.4 Å². The third-order valence-electron chi connectivity index (χ3n) is 4.84. The fraction of sp³-hybridized carbons (Fsp3) is 0.591. The Hall–Kier alpha value is -2.68. The van der Waals surface area contributed by atoms with Crippen LogP contribution in [0.1, 0.15) is 70.1 Å². The first-order chi connectivity index (χ1) is 14.5. The van der Waals surface area contributed by atoms with Crippen molar-refractivity contribution >= 4 is 5.91 Å². The molecule has 8 nitrogen and oxygen atoms in total. The number of benzene rings is 1. The summed E-state index contributed by atoms with van der Waals surface area (Å²) in [4.78, 5) is 25.4. The molecular weight excluding hydrogens is 403 g/mol. The third kappa shape index (κ3) is 5.72. The molecule has 0 aliphatic carbocycles. The maximum atomic E-state index is 15.1. The molecule has 0 aliphatic rings. The summed E-state index contributed by atoms with van der Waals surface area (Å²) in [5.41, 5.74) is -0.592. The Kier molecular flexibility index (Phi) is 8.00. The van der Waals surface area contributed by atoms with Gasteiger partial charge in [0.15, 0.2) is 0 Å². The van der Waals surface area contributed by atoms with E-state index < -0.39 is 23.5 Å². The minimum Gasteiger partial charge on any atom is -0.490 e. The predicted molar refractivity (Wildman–Crippen MR) is 116 cm³/mol. The van der Waals surface area contributed by atoms with Gasteiger partial charge in [-0.2, -0.15) is 4.68 Å². The van der Waals surface area contributed by atoms with Gasteiger partial charge in [-0.05, 0) is 32.3 Å². The first-order valence-electron chi connectivity index (χ1n) is 10.5. The minimum absolute atomic E-state index is 0.00906. The Balaban J connectivity index is 2.60. The van der Waals surface area contributed by atoms with Gasteiger partial charge in [0.25, 0.3) is 5.91 Å². The van der Waals surface area contributed by atoms with Crippen molar-refractivity contribution in [2.75, 3.05) is 6.61 Å². The van der Waals surface area contributed by atoms with Gasteiger partial charge in [-0.25, -0.2) is 9.18 Å². The van der Waals surface area contributed by atoms with Crippen molar-refractivity contribution in [1.82, 2.24) is 19.7 Å². The fourth-order valence-corrected chi connectivity index (χ4v) is 3.37.